The van der Waals surface area contributed by atoms with E-state index in [1.54, 1.807) is 24.3 Å². The molecule has 0 aliphatic rings. The van der Waals surface area contributed by atoms with Crippen molar-refractivity contribution in [1.29, 1.82) is 0 Å². The van der Waals surface area contributed by atoms with Crippen molar-refractivity contribution in [2.45, 2.75) is 45.5 Å². The molecule has 4 heterocycles. The number of alkyl halides is 6. The van der Waals surface area contributed by atoms with Gasteiger partial charge in [-0.25, -0.2) is 0 Å². The van der Waals surface area contributed by atoms with Gasteiger partial charge in [0.2, 0.25) is 0 Å². The van der Waals surface area contributed by atoms with E-state index in [4.69, 9.17) is 9.97 Å². The summed E-state index contributed by atoms with van der Waals surface area (Å²) in [4.78, 5) is 9.59. The minimum atomic E-state index is -4.68. The fourth-order valence-corrected chi connectivity index (χ4v) is 5.03. The van der Waals surface area contributed by atoms with Gasteiger partial charge in [0.25, 0.3) is 0 Å². The van der Waals surface area contributed by atoms with Crippen LogP contribution in [0.4, 0.5) is 26.3 Å². The van der Waals surface area contributed by atoms with Crippen molar-refractivity contribution in [3.05, 3.63) is 131 Å². The van der Waals surface area contributed by atoms with E-state index < -0.39 is 29.2 Å². The molecule has 6 aromatic rings. The normalized spacial score (nSPS) is 12.2. The van der Waals surface area contributed by atoms with Crippen LogP contribution in [0.15, 0.2) is 84.9 Å². The van der Waals surface area contributed by atoms with Crippen molar-refractivity contribution in [2.75, 3.05) is 0 Å². The standard InChI is InChI=1S/C35H26F6N6.Pt/c1-21-5-9-23(10-6-21)25-13-15-27(42-31(25)46-19-17-29(44-46)34(36,37)38)33(3,4)28-16-14-26(24-11-7-22(2)8-12-24)32(43-28)47-20-18-30(45-47)35(39,40)41;/h5-18H,1-4H3;/q-2;+2. The van der Waals surface area contributed by atoms with Crippen molar-refractivity contribution in [1.82, 2.24) is 29.5 Å². The minimum Gasteiger partial charge on any atom is -0.343 e. The second kappa shape index (κ2) is 12.8. The van der Waals surface area contributed by atoms with Gasteiger partial charge in [-0.05, 0) is 62.1 Å². The quantitative estimate of drug-likeness (QED) is 0.124. The van der Waals surface area contributed by atoms with E-state index in [0.29, 0.717) is 33.6 Å². The van der Waals surface area contributed by atoms with E-state index >= 15 is 0 Å². The average Bonchev–Trinajstić information content (AvgIpc) is 3.73. The zero-order valence-corrected chi connectivity index (χ0v) is 28.1. The van der Waals surface area contributed by atoms with Crippen molar-refractivity contribution in [3.63, 3.8) is 0 Å². The number of hydrogen-bond acceptors (Lipinski definition) is 4. The van der Waals surface area contributed by atoms with Gasteiger partial charge in [-0.1, -0.05) is 84.2 Å². The van der Waals surface area contributed by atoms with Crippen molar-refractivity contribution >= 4 is 0 Å². The number of nitrogens with zero attached hydrogens (tertiary/aromatic N) is 6. The molecule has 0 spiro atoms. The molecular formula is C35H26F6N6Pt. The Morgan fingerprint density at radius 2 is 0.875 bits per heavy atom. The van der Waals surface area contributed by atoms with Crippen LogP contribution in [-0.4, -0.2) is 29.5 Å². The maximum atomic E-state index is 13.5. The number of aromatic nitrogens is 6. The molecule has 0 fully saturated rings. The Kier molecular flexibility index (Phi) is 9.27. The third-order valence-corrected chi connectivity index (χ3v) is 7.80. The Hall–Kier alpha value is -4.57. The van der Waals surface area contributed by atoms with Crippen LogP contribution in [0.5, 0.6) is 0 Å². The molecule has 4 aromatic heterocycles. The summed E-state index contributed by atoms with van der Waals surface area (Å²) >= 11 is 0. The second-order valence-corrected chi connectivity index (χ2v) is 11.6. The third-order valence-electron chi connectivity index (χ3n) is 7.80. The van der Waals surface area contributed by atoms with E-state index in [2.05, 4.69) is 22.6 Å². The van der Waals surface area contributed by atoms with E-state index in [0.717, 1.165) is 32.6 Å². The fourth-order valence-electron chi connectivity index (χ4n) is 5.03. The first-order valence-corrected chi connectivity index (χ1v) is 14.4. The van der Waals surface area contributed by atoms with Crippen molar-refractivity contribution in [2.24, 2.45) is 0 Å². The van der Waals surface area contributed by atoms with Crippen molar-refractivity contribution < 1.29 is 47.4 Å². The number of benzene rings is 2. The van der Waals surface area contributed by atoms with E-state index in [9.17, 15) is 26.3 Å². The smallest absolute Gasteiger partial charge is 0.343 e. The van der Waals surface area contributed by atoms with Gasteiger partial charge in [0.15, 0.2) is 0 Å². The van der Waals surface area contributed by atoms with Crippen molar-refractivity contribution in [3.8, 4) is 33.9 Å². The van der Waals surface area contributed by atoms with Gasteiger partial charge in [0.05, 0.1) is 23.0 Å². The summed E-state index contributed by atoms with van der Waals surface area (Å²) in [6.07, 6.45) is -4.28. The Bertz CT molecular complexity index is 1910. The van der Waals surface area contributed by atoms with Crippen LogP contribution >= 0.6 is 0 Å². The van der Waals surface area contributed by atoms with Gasteiger partial charge < -0.3 is 9.36 Å². The number of rotatable bonds is 6. The van der Waals surface area contributed by atoms with Crippen LogP contribution in [0.3, 0.4) is 0 Å². The number of aryl methyl sites for hydroxylation is 2. The average molecular weight is 840 g/mol. The van der Waals surface area contributed by atoms with Crippen LogP contribution in [0.1, 0.15) is 47.8 Å². The summed E-state index contributed by atoms with van der Waals surface area (Å²) in [7, 11) is 0. The molecule has 0 N–H and O–H groups in total. The van der Waals surface area contributed by atoms with Gasteiger partial charge in [-0.3, -0.25) is 20.2 Å². The monoisotopic (exact) mass is 839 g/mol. The predicted octanol–water partition coefficient (Wildman–Crippen LogP) is 8.76. The summed E-state index contributed by atoms with van der Waals surface area (Å²) in [6.45, 7) is 7.46. The molecule has 48 heavy (non-hydrogen) atoms. The van der Waals surface area contributed by atoms with Crippen LogP contribution < -0.4 is 0 Å². The molecule has 0 amide bonds. The van der Waals surface area contributed by atoms with Gasteiger partial charge >= 0.3 is 33.4 Å². The SMILES string of the molecule is Cc1ccc(-c2ccc(C(C)(C)c3ccc(-c4ccc(C)cc4)c(-n4[c-]cc(C(F)(F)F)n4)n3)nc2-n2[c-]cc(C(F)(F)F)n2)cc1.[Pt+2]. The molecule has 0 bridgehead atoms. The minimum absolute atomic E-state index is 0. The first-order chi connectivity index (χ1) is 22.1. The molecule has 13 heteroatoms. The molecule has 248 valence electrons. The summed E-state index contributed by atoms with van der Waals surface area (Å²) in [6, 6.07) is 23.3. The largest absolute Gasteiger partial charge is 2.00 e. The summed E-state index contributed by atoms with van der Waals surface area (Å²) < 4.78 is 82.9. The first kappa shape index (κ1) is 34.8. The maximum absolute atomic E-state index is 13.5. The van der Waals surface area contributed by atoms with E-state index in [1.165, 1.54) is 0 Å². The second-order valence-electron chi connectivity index (χ2n) is 11.6. The molecule has 0 saturated heterocycles. The van der Waals surface area contributed by atoms with Crippen LogP contribution in [0.2, 0.25) is 0 Å². The molecule has 0 radical (unpaired) electrons. The fraction of sp³-hybridized carbons (Fsp3) is 0.200. The van der Waals surface area contributed by atoms with Crippen LogP contribution in [0.25, 0.3) is 33.9 Å². The molecule has 0 atom stereocenters. The van der Waals surface area contributed by atoms with Gasteiger partial charge in [0, 0.05) is 16.8 Å². The van der Waals surface area contributed by atoms with E-state index in [-0.39, 0.29) is 32.7 Å². The molecule has 6 rings (SSSR count). The number of halogens is 6. The van der Waals surface area contributed by atoms with Gasteiger partial charge in [0.1, 0.15) is 0 Å². The van der Waals surface area contributed by atoms with Gasteiger partial charge in [-0.2, -0.15) is 26.3 Å². The Balaban J connectivity index is 0.00000451. The Labute approximate surface area is 286 Å². The van der Waals surface area contributed by atoms with Crippen LogP contribution in [0, 0.1) is 26.2 Å². The zero-order valence-electron chi connectivity index (χ0n) is 25.9. The molecule has 2 aromatic carbocycles. The molecule has 6 nitrogen and oxygen atoms in total. The molecular weight excluding hydrogens is 813 g/mol. The topological polar surface area (TPSA) is 61.4 Å². The zero-order chi connectivity index (χ0) is 33.7. The predicted molar refractivity (Wildman–Crippen MR) is 163 cm³/mol. The molecule has 0 aliphatic heterocycles. The number of pyridine rings is 2. The molecule has 0 aliphatic carbocycles. The third kappa shape index (κ3) is 6.85. The summed E-state index contributed by atoms with van der Waals surface area (Å²) in [5.74, 6) is 0.225. The van der Waals surface area contributed by atoms with Gasteiger partial charge in [-0.15, -0.1) is 12.1 Å². The summed E-state index contributed by atoms with van der Waals surface area (Å²) in [5.41, 5.74) is 2.05. The maximum Gasteiger partial charge on any atom is 2.00 e. The summed E-state index contributed by atoms with van der Waals surface area (Å²) in [5, 5.41) is 7.46. The first-order valence-electron chi connectivity index (χ1n) is 14.4. The molecule has 0 saturated carbocycles. The van der Waals surface area contributed by atoms with E-state index in [1.807, 2.05) is 76.2 Å². The molecule has 0 unspecified atom stereocenters. The van der Waals surface area contributed by atoms with Crippen LogP contribution in [-0.2, 0) is 38.8 Å². The Morgan fingerprint density at radius 3 is 1.19 bits per heavy atom. The number of hydrogen-bond donors (Lipinski definition) is 0. The Morgan fingerprint density at radius 1 is 0.521 bits per heavy atom.